The molecule has 0 saturated carbocycles. The molecule has 2 unspecified atom stereocenters. The topological polar surface area (TPSA) is 61.0 Å². The molecular formula is C18H22F3N3O. The minimum atomic E-state index is -2.67. The lowest BCUT2D eigenvalue weighted by Crippen LogP contribution is -2.21. The number of hydrogen-bond donors (Lipinski definition) is 1. The molecule has 2 rings (SSSR count). The number of aromatic nitrogens is 2. The van der Waals surface area contributed by atoms with E-state index in [1.165, 1.54) is 12.3 Å². The zero-order valence-electron chi connectivity index (χ0n) is 14.3. The van der Waals surface area contributed by atoms with Crippen LogP contribution in [-0.2, 0) is 6.67 Å². The first-order chi connectivity index (χ1) is 11.9. The second-order valence-corrected chi connectivity index (χ2v) is 6.17. The average Bonchev–Trinajstić information content (AvgIpc) is 2.59. The Kier molecular flexibility index (Phi) is 6.75. The summed E-state index contributed by atoms with van der Waals surface area (Å²) in [4.78, 5) is 7.81. The van der Waals surface area contributed by atoms with Crippen molar-refractivity contribution in [2.45, 2.75) is 39.4 Å². The van der Waals surface area contributed by atoms with Gasteiger partial charge in [-0.15, -0.1) is 0 Å². The Bertz CT molecular complexity index is 695. The molecule has 2 heterocycles. The summed E-state index contributed by atoms with van der Waals surface area (Å²) in [5.74, 6) is 0.576. The van der Waals surface area contributed by atoms with E-state index in [-0.39, 0.29) is 23.3 Å². The Labute approximate surface area is 145 Å². The van der Waals surface area contributed by atoms with Crippen LogP contribution >= 0.6 is 0 Å². The molecule has 0 aromatic carbocycles. The SMILES string of the molecule is CC(N)CC(C)COc1ccc(-c2ccnc(C(F)F)c2)nc1CF. The molecule has 0 aliphatic heterocycles. The third kappa shape index (κ3) is 5.42. The molecule has 2 aromatic heterocycles. The van der Waals surface area contributed by atoms with Gasteiger partial charge in [0.2, 0.25) is 0 Å². The maximum Gasteiger partial charge on any atom is 0.280 e. The van der Waals surface area contributed by atoms with Crippen LogP contribution in [-0.4, -0.2) is 22.6 Å². The lowest BCUT2D eigenvalue weighted by Gasteiger charge is -2.16. The van der Waals surface area contributed by atoms with Crippen LogP contribution in [0.2, 0.25) is 0 Å². The van der Waals surface area contributed by atoms with Gasteiger partial charge in [-0.2, -0.15) is 0 Å². The zero-order valence-corrected chi connectivity index (χ0v) is 14.3. The van der Waals surface area contributed by atoms with Crippen LogP contribution < -0.4 is 10.5 Å². The highest BCUT2D eigenvalue weighted by Gasteiger charge is 2.14. The molecule has 4 nitrogen and oxygen atoms in total. The Morgan fingerprint density at radius 3 is 2.60 bits per heavy atom. The summed E-state index contributed by atoms with van der Waals surface area (Å²) in [6, 6.07) is 6.10. The number of alkyl halides is 3. The first-order valence-corrected chi connectivity index (χ1v) is 8.09. The predicted molar refractivity (Wildman–Crippen MR) is 90.2 cm³/mol. The normalized spacial score (nSPS) is 13.7. The molecule has 0 aliphatic rings. The highest BCUT2D eigenvalue weighted by molar-refractivity contribution is 5.60. The molecule has 0 fully saturated rings. The van der Waals surface area contributed by atoms with Crippen molar-refractivity contribution < 1.29 is 17.9 Å². The third-order valence-corrected chi connectivity index (χ3v) is 3.66. The van der Waals surface area contributed by atoms with Crippen LogP contribution in [0.15, 0.2) is 30.5 Å². The van der Waals surface area contributed by atoms with Crippen molar-refractivity contribution in [2.75, 3.05) is 6.61 Å². The highest BCUT2D eigenvalue weighted by atomic mass is 19.3. The predicted octanol–water partition coefficient (Wildman–Crippen LogP) is 4.30. The average molecular weight is 353 g/mol. The van der Waals surface area contributed by atoms with E-state index in [1.54, 1.807) is 18.2 Å². The van der Waals surface area contributed by atoms with Crippen molar-refractivity contribution in [3.05, 3.63) is 41.9 Å². The summed E-state index contributed by atoms with van der Waals surface area (Å²) in [5.41, 5.74) is 6.40. The lowest BCUT2D eigenvalue weighted by atomic mass is 10.0. The molecule has 2 atom stereocenters. The number of nitrogens with two attached hydrogens (primary N) is 1. The zero-order chi connectivity index (χ0) is 18.4. The van der Waals surface area contributed by atoms with Crippen molar-refractivity contribution >= 4 is 0 Å². The number of hydrogen-bond acceptors (Lipinski definition) is 4. The Balaban J connectivity index is 2.17. The summed E-state index contributed by atoms with van der Waals surface area (Å²) in [7, 11) is 0. The van der Waals surface area contributed by atoms with Crippen LogP contribution in [0.5, 0.6) is 5.75 Å². The Morgan fingerprint density at radius 1 is 1.20 bits per heavy atom. The first kappa shape index (κ1) is 19.2. The summed E-state index contributed by atoms with van der Waals surface area (Å²) >= 11 is 0. The number of halogens is 3. The van der Waals surface area contributed by atoms with Crippen molar-refractivity contribution in [3.8, 4) is 17.0 Å². The molecule has 0 amide bonds. The van der Waals surface area contributed by atoms with Gasteiger partial charge in [0, 0.05) is 17.8 Å². The van der Waals surface area contributed by atoms with E-state index < -0.39 is 13.1 Å². The maximum atomic E-state index is 13.3. The van der Waals surface area contributed by atoms with Crippen molar-refractivity contribution in [2.24, 2.45) is 11.7 Å². The van der Waals surface area contributed by atoms with E-state index >= 15 is 0 Å². The van der Waals surface area contributed by atoms with Crippen LogP contribution in [0.4, 0.5) is 13.2 Å². The standard InChI is InChI=1S/C18H22F3N3O/c1-11(7-12(2)22)10-25-17-4-3-14(24-16(17)9-19)13-5-6-23-15(8-13)18(20)21/h3-6,8,11-12,18H,7,9-10,22H2,1-2H3. The number of rotatable bonds is 8. The van der Waals surface area contributed by atoms with Crippen molar-refractivity contribution in [1.82, 2.24) is 9.97 Å². The van der Waals surface area contributed by atoms with Crippen molar-refractivity contribution in [1.29, 1.82) is 0 Å². The Hall–Kier alpha value is -2.15. The molecule has 0 aliphatic carbocycles. The minimum Gasteiger partial charge on any atom is -0.491 e. The van der Waals surface area contributed by atoms with Gasteiger partial charge >= 0.3 is 0 Å². The maximum absolute atomic E-state index is 13.3. The third-order valence-electron chi connectivity index (χ3n) is 3.66. The van der Waals surface area contributed by atoms with Crippen LogP contribution in [0.3, 0.4) is 0 Å². The fourth-order valence-corrected chi connectivity index (χ4v) is 2.54. The van der Waals surface area contributed by atoms with E-state index in [0.29, 0.717) is 23.6 Å². The molecule has 2 aromatic rings. The fourth-order valence-electron chi connectivity index (χ4n) is 2.54. The van der Waals surface area contributed by atoms with E-state index in [9.17, 15) is 13.2 Å². The minimum absolute atomic E-state index is 0.0652. The highest BCUT2D eigenvalue weighted by Crippen LogP contribution is 2.27. The number of ether oxygens (including phenoxy) is 1. The molecule has 25 heavy (non-hydrogen) atoms. The van der Waals surface area contributed by atoms with Crippen molar-refractivity contribution in [3.63, 3.8) is 0 Å². The smallest absolute Gasteiger partial charge is 0.280 e. The molecular weight excluding hydrogens is 331 g/mol. The summed E-state index contributed by atoms with van der Waals surface area (Å²) < 4.78 is 44.5. The largest absolute Gasteiger partial charge is 0.491 e. The fraction of sp³-hybridized carbons (Fsp3) is 0.444. The van der Waals surface area contributed by atoms with E-state index in [1.807, 2.05) is 13.8 Å². The monoisotopic (exact) mass is 353 g/mol. The van der Waals surface area contributed by atoms with Crippen LogP contribution in [0.25, 0.3) is 11.3 Å². The van der Waals surface area contributed by atoms with E-state index in [2.05, 4.69) is 9.97 Å². The molecule has 0 bridgehead atoms. The Morgan fingerprint density at radius 2 is 1.96 bits per heavy atom. The van der Waals surface area contributed by atoms with Gasteiger partial charge in [0.05, 0.1) is 12.3 Å². The van der Waals surface area contributed by atoms with E-state index in [4.69, 9.17) is 10.5 Å². The second kappa shape index (κ2) is 8.80. The van der Waals surface area contributed by atoms with Gasteiger partial charge in [-0.3, -0.25) is 4.98 Å². The van der Waals surface area contributed by atoms with E-state index in [0.717, 1.165) is 6.42 Å². The van der Waals surface area contributed by atoms with Crippen LogP contribution in [0, 0.1) is 5.92 Å². The van der Waals surface area contributed by atoms with Crippen LogP contribution in [0.1, 0.15) is 38.1 Å². The first-order valence-electron chi connectivity index (χ1n) is 8.09. The lowest BCUT2D eigenvalue weighted by molar-refractivity contribution is 0.146. The number of pyridine rings is 2. The van der Waals surface area contributed by atoms with Gasteiger partial charge in [-0.05, 0) is 43.5 Å². The molecule has 2 N–H and O–H groups in total. The summed E-state index contributed by atoms with van der Waals surface area (Å²) in [6.07, 6.45) is -0.591. The quantitative estimate of drug-likeness (QED) is 0.768. The van der Waals surface area contributed by atoms with Gasteiger partial charge in [0.1, 0.15) is 23.8 Å². The molecule has 0 spiro atoms. The van der Waals surface area contributed by atoms with Gasteiger partial charge in [-0.25, -0.2) is 18.2 Å². The molecule has 0 saturated heterocycles. The summed E-state index contributed by atoms with van der Waals surface area (Å²) in [5, 5.41) is 0. The van der Waals surface area contributed by atoms with Gasteiger partial charge in [-0.1, -0.05) is 6.92 Å². The van der Waals surface area contributed by atoms with Gasteiger partial charge in [0.15, 0.2) is 0 Å². The molecule has 7 heteroatoms. The number of nitrogens with zero attached hydrogens (tertiary/aromatic N) is 2. The molecule has 136 valence electrons. The molecule has 0 radical (unpaired) electrons. The summed E-state index contributed by atoms with van der Waals surface area (Å²) in [6.45, 7) is 3.52. The second-order valence-electron chi connectivity index (χ2n) is 6.17. The van der Waals surface area contributed by atoms with Gasteiger partial charge < -0.3 is 10.5 Å². The van der Waals surface area contributed by atoms with Gasteiger partial charge in [0.25, 0.3) is 6.43 Å².